The molecule has 0 aliphatic heterocycles. The molecule has 3 aromatic carbocycles. The van der Waals surface area contributed by atoms with E-state index in [1.54, 1.807) is 0 Å². The topological polar surface area (TPSA) is 9.23 Å². The van der Waals surface area contributed by atoms with Gasteiger partial charge in [0.2, 0.25) is 0 Å². The molecule has 35 heavy (non-hydrogen) atoms. The van der Waals surface area contributed by atoms with Crippen molar-refractivity contribution in [3.63, 3.8) is 0 Å². The molecule has 1 unspecified atom stereocenters. The number of halogens is 2. The van der Waals surface area contributed by atoms with Gasteiger partial charge in [-0.25, -0.2) is 0 Å². The summed E-state index contributed by atoms with van der Waals surface area (Å²) >= 11 is 1.48. The van der Waals surface area contributed by atoms with E-state index < -0.39 is 8.32 Å². The maximum absolute atomic E-state index is 6.24. The van der Waals surface area contributed by atoms with Crippen molar-refractivity contribution in [1.29, 1.82) is 0 Å². The van der Waals surface area contributed by atoms with Gasteiger partial charge in [0.15, 0.2) is 0 Å². The van der Waals surface area contributed by atoms with Crippen molar-refractivity contribution in [2.45, 2.75) is 45.8 Å². The summed E-state index contributed by atoms with van der Waals surface area (Å²) < 4.78 is 7.73. The van der Waals surface area contributed by atoms with E-state index in [0.29, 0.717) is 0 Å². The van der Waals surface area contributed by atoms with Crippen molar-refractivity contribution in [2.24, 2.45) is 0 Å². The number of hydrogen-bond acceptors (Lipinski definition) is 1. The van der Waals surface area contributed by atoms with Gasteiger partial charge in [0.05, 0.1) is 0 Å². The van der Waals surface area contributed by atoms with Crippen molar-refractivity contribution >= 4 is 22.7 Å². The first-order chi connectivity index (χ1) is 15.8. The summed E-state index contributed by atoms with van der Waals surface area (Å²) in [5.41, 5.74) is 8.63. The maximum Gasteiger partial charge on any atom is -1.00 e. The Morgan fingerprint density at radius 2 is 1.51 bits per heavy atom. The van der Waals surface area contributed by atoms with E-state index in [4.69, 9.17) is 4.43 Å². The van der Waals surface area contributed by atoms with Gasteiger partial charge in [0.25, 0.3) is 0 Å². The maximum atomic E-state index is 6.24. The summed E-state index contributed by atoms with van der Waals surface area (Å²) in [7, 11) is -1.52. The SMILES string of the molecule is CC(C)=c1ccc2c(c1C1C=C(CCO[Si](C)(C)C)c3ccccc31)[C]([Zr+2])=c1ccccc1=2.[Cl-].[Cl-]. The van der Waals surface area contributed by atoms with Crippen LogP contribution in [0.25, 0.3) is 14.4 Å². The molecule has 0 bridgehead atoms. The second kappa shape index (κ2) is 11.0. The quantitative estimate of drug-likeness (QED) is 0.376. The molecule has 0 spiro atoms. The fraction of sp³-hybridized carbons (Fsp3) is 0.267. The molecule has 2 aliphatic carbocycles. The van der Waals surface area contributed by atoms with Crippen LogP contribution < -0.4 is 35.3 Å². The van der Waals surface area contributed by atoms with Gasteiger partial charge in [-0.3, -0.25) is 0 Å². The van der Waals surface area contributed by atoms with Crippen LogP contribution in [0.5, 0.6) is 0 Å². The Kier molecular flexibility index (Phi) is 8.94. The van der Waals surface area contributed by atoms with Gasteiger partial charge in [0, 0.05) is 0 Å². The molecule has 5 heteroatoms. The number of fused-ring (bicyclic) bond motifs is 3. The van der Waals surface area contributed by atoms with Gasteiger partial charge in [-0.15, -0.1) is 0 Å². The molecule has 0 radical (unpaired) electrons. The second-order valence-electron chi connectivity index (χ2n) is 10.3. The van der Waals surface area contributed by atoms with Crippen molar-refractivity contribution in [2.75, 3.05) is 6.61 Å². The van der Waals surface area contributed by atoms with Crippen LogP contribution in [-0.4, -0.2) is 14.9 Å². The smallest absolute Gasteiger partial charge is 1.00 e. The van der Waals surface area contributed by atoms with Crippen molar-refractivity contribution in [1.82, 2.24) is 0 Å². The van der Waals surface area contributed by atoms with Gasteiger partial charge < -0.3 is 24.8 Å². The number of benzene rings is 3. The minimum Gasteiger partial charge on any atom is -1.00 e. The molecule has 0 saturated heterocycles. The summed E-state index contributed by atoms with van der Waals surface area (Å²) in [6, 6.07) is 22.7. The molecule has 0 N–H and O–H groups in total. The second-order valence-corrected chi connectivity index (χ2v) is 16.1. The first kappa shape index (κ1) is 28.4. The summed E-state index contributed by atoms with van der Waals surface area (Å²) in [5, 5.41) is 5.60. The van der Waals surface area contributed by atoms with E-state index in [-0.39, 0.29) is 30.7 Å². The summed E-state index contributed by atoms with van der Waals surface area (Å²) in [5.74, 6) is 0.285. The Hall–Kier alpha value is -1.22. The molecule has 3 aromatic rings. The van der Waals surface area contributed by atoms with Crippen LogP contribution in [0, 0.1) is 10.4 Å². The van der Waals surface area contributed by atoms with E-state index >= 15 is 0 Å². The first-order valence-corrected chi connectivity index (χ1v) is 16.5. The van der Waals surface area contributed by atoms with Crippen molar-refractivity contribution in [3.8, 4) is 0 Å². The normalized spacial score (nSPS) is 15.5. The molecule has 0 amide bonds. The molecular weight excluding hydrogens is 567 g/mol. The van der Waals surface area contributed by atoms with Crippen LogP contribution in [0.1, 0.15) is 48.4 Å². The molecule has 0 saturated carbocycles. The van der Waals surface area contributed by atoms with Crippen LogP contribution in [0.3, 0.4) is 0 Å². The van der Waals surface area contributed by atoms with E-state index in [1.165, 1.54) is 82.3 Å². The molecular formula is C30H31Cl2OSiZr. The van der Waals surface area contributed by atoms with Gasteiger partial charge >= 0.3 is 214 Å². The molecule has 179 valence electrons. The zero-order chi connectivity index (χ0) is 23.3. The molecule has 0 fully saturated rings. The van der Waals surface area contributed by atoms with Crippen LogP contribution in [0.4, 0.5) is 0 Å². The fourth-order valence-corrected chi connectivity index (χ4v) is 7.22. The molecule has 0 heterocycles. The fourth-order valence-electron chi connectivity index (χ4n) is 5.31. The Morgan fingerprint density at radius 3 is 2.20 bits per heavy atom. The molecule has 2 aliphatic rings. The third kappa shape index (κ3) is 5.27. The van der Waals surface area contributed by atoms with E-state index in [9.17, 15) is 0 Å². The number of allylic oxidation sites excluding steroid dienone is 1. The van der Waals surface area contributed by atoms with Crippen molar-refractivity contribution < 1.29 is 54.0 Å². The Labute approximate surface area is 237 Å². The third-order valence-corrected chi connectivity index (χ3v) is 9.09. The standard InChI is InChI=1S/C30H31OSi.2ClH.Zr/c1-20(2)23-14-15-27-24-11-7-6-10-21(24)18-29(27)30(23)28-19-22(16-17-31-32(3,4)5)25-12-8-9-13-26(25)28;;;/h6-15,19,28H,16-17H2,1-5H3;2*1H;/q;;;+2/p-2. The monoisotopic (exact) mass is 595 g/mol. The number of hydrogen-bond donors (Lipinski definition) is 0. The van der Waals surface area contributed by atoms with Gasteiger partial charge in [-0.2, -0.15) is 0 Å². The molecule has 1 nitrogen and oxygen atoms in total. The molecule has 1 atom stereocenters. The van der Waals surface area contributed by atoms with Gasteiger partial charge in [-0.05, 0) is 0 Å². The predicted molar refractivity (Wildman–Crippen MR) is 137 cm³/mol. The average molecular weight is 598 g/mol. The first-order valence-electron chi connectivity index (χ1n) is 11.9. The van der Waals surface area contributed by atoms with Crippen LogP contribution in [0.2, 0.25) is 19.6 Å². The third-order valence-electron chi connectivity index (χ3n) is 6.75. The van der Waals surface area contributed by atoms with Crippen LogP contribution >= 0.6 is 0 Å². The van der Waals surface area contributed by atoms with E-state index in [1.807, 2.05) is 0 Å². The Bertz CT molecular complexity index is 1520. The van der Waals surface area contributed by atoms with Gasteiger partial charge in [0.1, 0.15) is 0 Å². The summed E-state index contributed by atoms with van der Waals surface area (Å²) in [6.07, 6.45) is 3.51. The minimum atomic E-state index is -1.52. The summed E-state index contributed by atoms with van der Waals surface area (Å²) in [6.45, 7) is 12.1. The number of rotatable bonds is 5. The Morgan fingerprint density at radius 1 is 0.857 bits per heavy atom. The average Bonchev–Trinajstić information content (AvgIpc) is 3.29. The van der Waals surface area contributed by atoms with Crippen molar-refractivity contribution in [3.05, 3.63) is 110 Å². The largest absolute Gasteiger partial charge is 1.00 e. The van der Waals surface area contributed by atoms with Gasteiger partial charge in [-0.1, -0.05) is 0 Å². The minimum absolute atomic E-state index is 0. The van der Waals surface area contributed by atoms with Crippen LogP contribution in [0.15, 0.2) is 66.7 Å². The molecule has 5 rings (SSSR count). The Balaban J connectivity index is 0.00000171. The van der Waals surface area contributed by atoms with E-state index in [0.717, 1.165) is 13.0 Å². The summed E-state index contributed by atoms with van der Waals surface area (Å²) in [4.78, 5) is 0. The van der Waals surface area contributed by atoms with Crippen LogP contribution in [-0.2, 0) is 29.1 Å². The van der Waals surface area contributed by atoms with E-state index in [2.05, 4.69) is 100 Å². The predicted octanol–water partition coefficient (Wildman–Crippen LogP) is -0.0407. The molecule has 0 aromatic heterocycles. The zero-order valence-corrected chi connectivity index (χ0v) is 26.0. The zero-order valence-electron chi connectivity index (χ0n) is 21.0.